The molecule has 1 atom stereocenters. The predicted octanol–water partition coefficient (Wildman–Crippen LogP) is 0.440. The van der Waals surface area contributed by atoms with Gasteiger partial charge in [0.05, 0.1) is 5.25 Å². The average molecular weight is 243 g/mol. The zero-order valence-electron chi connectivity index (χ0n) is 8.86. The van der Waals surface area contributed by atoms with Crippen LogP contribution in [0.1, 0.15) is 20.3 Å². The summed E-state index contributed by atoms with van der Waals surface area (Å²) in [5.74, 6) is 0. The maximum absolute atomic E-state index is 11.7. The molecule has 0 spiro atoms. The van der Waals surface area contributed by atoms with Crippen molar-refractivity contribution in [3.05, 3.63) is 0 Å². The molecular weight excluding hydrogens is 224 g/mol. The smallest absolute Gasteiger partial charge is 0.216 e. The lowest BCUT2D eigenvalue weighted by molar-refractivity contribution is 0.458. The summed E-state index contributed by atoms with van der Waals surface area (Å²) >= 11 is 0. The van der Waals surface area contributed by atoms with Crippen LogP contribution in [0.2, 0.25) is 0 Å². The van der Waals surface area contributed by atoms with Gasteiger partial charge >= 0.3 is 0 Å². The van der Waals surface area contributed by atoms with Crippen molar-refractivity contribution >= 4 is 22.4 Å². The molecule has 14 heavy (non-hydrogen) atoms. The third-order valence-corrected chi connectivity index (χ3v) is 4.76. The Labute approximate surface area is 92.5 Å². The topological polar surface area (TPSA) is 49.4 Å². The van der Waals surface area contributed by atoms with E-state index >= 15 is 0 Å². The number of hydrogen-bond donors (Lipinski definition) is 1. The molecule has 4 nitrogen and oxygen atoms in total. The molecular formula is C8H19ClN2O2S. The molecule has 0 bridgehead atoms. The van der Waals surface area contributed by atoms with E-state index in [0.29, 0.717) is 19.1 Å². The van der Waals surface area contributed by atoms with E-state index in [2.05, 4.69) is 5.32 Å². The molecule has 0 radical (unpaired) electrons. The summed E-state index contributed by atoms with van der Waals surface area (Å²) in [5.41, 5.74) is 0. The molecule has 0 aromatic heterocycles. The monoisotopic (exact) mass is 242 g/mol. The number of sulfonamides is 1. The van der Waals surface area contributed by atoms with Crippen molar-refractivity contribution in [1.29, 1.82) is 0 Å². The second-order valence-electron chi connectivity index (χ2n) is 3.73. The molecule has 86 valence electrons. The lowest BCUT2D eigenvalue weighted by Gasteiger charge is -2.18. The highest BCUT2D eigenvalue weighted by molar-refractivity contribution is 7.89. The van der Waals surface area contributed by atoms with Gasteiger partial charge in [-0.25, -0.2) is 12.7 Å². The van der Waals surface area contributed by atoms with Gasteiger partial charge < -0.3 is 5.32 Å². The summed E-state index contributed by atoms with van der Waals surface area (Å²) < 4.78 is 25.0. The fraction of sp³-hybridized carbons (Fsp3) is 1.00. The summed E-state index contributed by atoms with van der Waals surface area (Å²) in [6.45, 7) is 4.73. The second-order valence-corrected chi connectivity index (χ2v) is 6.22. The van der Waals surface area contributed by atoms with Crippen LogP contribution < -0.4 is 5.32 Å². The Morgan fingerprint density at radius 1 is 1.43 bits per heavy atom. The molecule has 1 aliphatic rings. The van der Waals surface area contributed by atoms with Crippen molar-refractivity contribution in [2.75, 3.05) is 20.1 Å². The highest BCUT2D eigenvalue weighted by Gasteiger charge is 2.32. The minimum atomic E-state index is -3.03. The van der Waals surface area contributed by atoms with Gasteiger partial charge in [-0.1, -0.05) is 0 Å². The third-order valence-electron chi connectivity index (χ3n) is 2.51. The molecule has 6 heteroatoms. The number of halogens is 1. The number of likely N-dealkylation sites (N-methyl/N-ethyl adjacent to an activating group) is 1. The van der Waals surface area contributed by atoms with E-state index in [-0.39, 0.29) is 17.7 Å². The van der Waals surface area contributed by atoms with E-state index < -0.39 is 10.0 Å². The van der Waals surface area contributed by atoms with Gasteiger partial charge in [-0.2, -0.15) is 0 Å². The standard InChI is InChI=1S/C8H18N2O2S.ClH/c1-7(2)13(11,12)10-5-4-8(6-10)9-3;/h7-9H,4-6H2,1-3H3;1H/t8-;/m1./s1. The summed E-state index contributed by atoms with van der Waals surface area (Å²) in [4.78, 5) is 0. The van der Waals surface area contributed by atoms with Crippen molar-refractivity contribution in [3.63, 3.8) is 0 Å². The molecule has 1 rings (SSSR count). The first-order valence-electron chi connectivity index (χ1n) is 4.64. The predicted molar refractivity (Wildman–Crippen MR) is 60.3 cm³/mol. The molecule has 0 aromatic rings. The van der Waals surface area contributed by atoms with Crippen LogP contribution in [-0.2, 0) is 10.0 Å². The summed E-state index contributed by atoms with van der Waals surface area (Å²) in [7, 11) is -1.16. The van der Waals surface area contributed by atoms with Crippen LogP contribution in [0.15, 0.2) is 0 Å². The molecule has 0 aliphatic carbocycles. The van der Waals surface area contributed by atoms with Gasteiger partial charge in [0.2, 0.25) is 10.0 Å². The normalized spacial score (nSPS) is 23.9. The Balaban J connectivity index is 0.00000169. The van der Waals surface area contributed by atoms with Gasteiger partial charge in [0, 0.05) is 19.1 Å². The van der Waals surface area contributed by atoms with E-state index in [4.69, 9.17) is 0 Å². The molecule has 1 aliphatic heterocycles. The molecule has 1 heterocycles. The molecule has 0 saturated carbocycles. The number of nitrogens with one attached hydrogen (secondary N) is 1. The van der Waals surface area contributed by atoms with Crippen LogP contribution >= 0.6 is 12.4 Å². The first-order chi connectivity index (χ1) is 5.98. The number of hydrogen-bond acceptors (Lipinski definition) is 3. The van der Waals surface area contributed by atoms with Crippen LogP contribution in [0.4, 0.5) is 0 Å². The van der Waals surface area contributed by atoms with Gasteiger partial charge in [0.25, 0.3) is 0 Å². The SMILES string of the molecule is CN[C@@H]1CCN(S(=O)(=O)C(C)C)C1.Cl. The molecule has 0 aromatic carbocycles. The third kappa shape index (κ3) is 2.82. The van der Waals surface area contributed by atoms with Crippen LogP contribution in [0, 0.1) is 0 Å². The van der Waals surface area contributed by atoms with Crippen LogP contribution in [0.25, 0.3) is 0 Å². The highest BCUT2D eigenvalue weighted by Crippen LogP contribution is 2.16. The van der Waals surface area contributed by atoms with Gasteiger partial charge in [0.15, 0.2) is 0 Å². The summed E-state index contributed by atoms with van der Waals surface area (Å²) in [6.07, 6.45) is 0.919. The summed E-state index contributed by atoms with van der Waals surface area (Å²) in [6, 6.07) is 0.327. The Morgan fingerprint density at radius 2 is 2.00 bits per heavy atom. The van der Waals surface area contributed by atoms with Crippen molar-refractivity contribution in [2.45, 2.75) is 31.6 Å². The quantitative estimate of drug-likeness (QED) is 0.782. The first-order valence-corrected chi connectivity index (χ1v) is 6.15. The zero-order chi connectivity index (χ0) is 10.1. The van der Waals surface area contributed by atoms with Gasteiger partial charge in [-0.15, -0.1) is 12.4 Å². The lowest BCUT2D eigenvalue weighted by atomic mass is 10.3. The molecule has 0 amide bonds. The number of nitrogens with zero attached hydrogens (tertiary/aromatic N) is 1. The minimum Gasteiger partial charge on any atom is -0.316 e. The minimum absolute atomic E-state index is 0. The maximum Gasteiger partial charge on any atom is 0.216 e. The average Bonchev–Trinajstić information content (AvgIpc) is 2.51. The number of rotatable bonds is 3. The lowest BCUT2D eigenvalue weighted by Crippen LogP contribution is -2.37. The second kappa shape index (κ2) is 5.30. The largest absolute Gasteiger partial charge is 0.316 e. The van der Waals surface area contributed by atoms with Crippen molar-refractivity contribution in [1.82, 2.24) is 9.62 Å². The molecule has 1 N–H and O–H groups in total. The molecule has 1 saturated heterocycles. The Kier molecular flexibility index (Phi) is 5.36. The van der Waals surface area contributed by atoms with Gasteiger partial charge in [0.1, 0.15) is 0 Å². The van der Waals surface area contributed by atoms with E-state index in [0.717, 1.165) is 6.42 Å². The van der Waals surface area contributed by atoms with Crippen molar-refractivity contribution in [3.8, 4) is 0 Å². The van der Waals surface area contributed by atoms with E-state index in [1.165, 1.54) is 0 Å². The van der Waals surface area contributed by atoms with Crippen molar-refractivity contribution < 1.29 is 8.42 Å². The Morgan fingerprint density at radius 3 is 2.36 bits per heavy atom. The highest BCUT2D eigenvalue weighted by atomic mass is 35.5. The molecule has 1 fully saturated rings. The van der Waals surface area contributed by atoms with E-state index in [9.17, 15) is 8.42 Å². The summed E-state index contributed by atoms with van der Waals surface area (Å²) in [5, 5.41) is 2.80. The zero-order valence-corrected chi connectivity index (χ0v) is 10.5. The van der Waals surface area contributed by atoms with Crippen molar-refractivity contribution in [2.24, 2.45) is 0 Å². The van der Waals surface area contributed by atoms with Gasteiger partial charge in [-0.05, 0) is 27.3 Å². The van der Waals surface area contributed by atoms with Crippen LogP contribution in [-0.4, -0.2) is 44.2 Å². The Bertz CT molecular complexity index is 267. The Hall–Kier alpha value is 0.160. The van der Waals surface area contributed by atoms with Crippen LogP contribution in [0.3, 0.4) is 0 Å². The first kappa shape index (κ1) is 14.2. The maximum atomic E-state index is 11.7. The molecule has 0 unspecified atom stereocenters. The fourth-order valence-corrected chi connectivity index (χ4v) is 2.84. The van der Waals surface area contributed by atoms with E-state index in [1.807, 2.05) is 7.05 Å². The van der Waals surface area contributed by atoms with Crippen LogP contribution in [0.5, 0.6) is 0 Å². The van der Waals surface area contributed by atoms with Gasteiger partial charge in [-0.3, -0.25) is 0 Å². The van der Waals surface area contributed by atoms with E-state index in [1.54, 1.807) is 18.2 Å². The fourth-order valence-electron chi connectivity index (χ4n) is 1.49.